The van der Waals surface area contributed by atoms with Gasteiger partial charge in [0.2, 0.25) is 0 Å². The molecular formula is C18H21ClN2S. The van der Waals surface area contributed by atoms with E-state index < -0.39 is 0 Å². The maximum atomic E-state index is 5.95. The van der Waals surface area contributed by atoms with Crippen LogP contribution in [-0.4, -0.2) is 34.8 Å². The topological polar surface area (TPSA) is 16.1 Å². The Hall–Kier alpha value is -1.03. The van der Waals surface area contributed by atoms with Gasteiger partial charge in [-0.1, -0.05) is 48.0 Å². The largest absolute Gasteiger partial charge is 0.303 e. The molecule has 0 atom stereocenters. The van der Waals surface area contributed by atoms with Crippen LogP contribution in [-0.2, 0) is 6.42 Å². The van der Waals surface area contributed by atoms with Gasteiger partial charge >= 0.3 is 0 Å². The molecule has 2 nitrogen and oxygen atoms in total. The summed E-state index contributed by atoms with van der Waals surface area (Å²) in [6, 6.07) is 16.6. The summed E-state index contributed by atoms with van der Waals surface area (Å²) in [5.74, 6) is 0. The fourth-order valence-corrected chi connectivity index (χ4v) is 4.12. The lowest BCUT2D eigenvalue weighted by Crippen LogP contribution is -2.36. The van der Waals surface area contributed by atoms with E-state index in [1.165, 1.54) is 31.5 Å². The van der Waals surface area contributed by atoms with E-state index >= 15 is 0 Å². The molecule has 2 heterocycles. The zero-order chi connectivity index (χ0) is 15.2. The van der Waals surface area contributed by atoms with Gasteiger partial charge in [-0.05, 0) is 50.0 Å². The molecule has 0 aliphatic carbocycles. The molecule has 116 valence electrons. The molecule has 0 N–H and O–H groups in total. The van der Waals surface area contributed by atoms with Gasteiger partial charge in [0.05, 0.1) is 5.03 Å². The smallest absolute Gasteiger partial charge is 0.130 e. The van der Waals surface area contributed by atoms with Crippen LogP contribution in [0.15, 0.2) is 53.6 Å². The molecule has 0 amide bonds. The maximum Gasteiger partial charge on any atom is 0.130 e. The lowest BCUT2D eigenvalue weighted by Gasteiger charge is -2.31. The maximum absolute atomic E-state index is 5.95. The van der Waals surface area contributed by atoms with Crippen LogP contribution in [0.25, 0.3) is 0 Å². The Kier molecular flexibility index (Phi) is 5.76. The predicted molar refractivity (Wildman–Crippen MR) is 94.7 cm³/mol. The van der Waals surface area contributed by atoms with Gasteiger partial charge in [-0.2, -0.15) is 0 Å². The first-order valence-electron chi connectivity index (χ1n) is 7.85. The molecular weight excluding hydrogens is 312 g/mol. The minimum Gasteiger partial charge on any atom is -0.303 e. The van der Waals surface area contributed by atoms with Gasteiger partial charge in [-0.3, -0.25) is 0 Å². The van der Waals surface area contributed by atoms with E-state index in [1.807, 2.05) is 23.9 Å². The summed E-state index contributed by atoms with van der Waals surface area (Å²) >= 11 is 7.83. The minimum absolute atomic E-state index is 0.588. The van der Waals surface area contributed by atoms with Crippen LogP contribution in [0.1, 0.15) is 18.4 Å². The molecule has 4 heteroatoms. The monoisotopic (exact) mass is 332 g/mol. The summed E-state index contributed by atoms with van der Waals surface area (Å²) in [5.41, 5.74) is 1.43. The zero-order valence-electron chi connectivity index (χ0n) is 12.6. The fourth-order valence-electron chi connectivity index (χ4n) is 2.81. The number of hydrogen-bond donors (Lipinski definition) is 0. The molecule has 0 radical (unpaired) electrons. The van der Waals surface area contributed by atoms with Crippen molar-refractivity contribution < 1.29 is 0 Å². The van der Waals surface area contributed by atoms with Crippen molar-refractivity contribution in [1.82, 2.24) is 9.88 Å². The first-order valence-corrected chi connectivity index (χ1v) is 9.11. The number of hydrogen-bond acceptors (Lipinski definition) is 3. The summed E-state index contributed by atoms with van der Waals surface area (Å²) in [6.45, 7) is 3.53. The molecule has 3 rings (SSSR count). The third-order valence-electron chi connectivity index (χ3n) is 4.07. The molecule has 0 spiro atoms. The van der Waals surface area contributed by atoms with E-state index in [1.54, 1.807) is 0 Å². The average Bonchev–Trinajstić information content (AvgIpc) is 2.55. The van der Waals surface area contributed by atoms with E-state index in [2.05, 4.69) is 46.3 Å². The van der Waals surface area contributed by atoms with Crippen molar-refractivity contribution >= 4 is 23.4 Å². The van der Waals surface area contributed by atoms with Gasteiger partial charge in [0.1, 0.15) is 5.15 Å². The minimum atomic E-state index is 0.588. The van der Waals surface area contributed by atoms with E-state index in [4.69, 9.17) is 11.6 Å². The number of benzene rings is 1. The van der Waals surface area contributed by atoms with Gasteiger partial charge in [-0.15, -0.1) is 11.8 Å². The van der Waals surface area contributed by atoms with Crippen LogP contribution in [0.4, 0.5) is 0 Å². The van der Waals surface area contributed by atoms with Gasteiger partial charge in [0, 0.05) is 11.8 Å². The predicted octanol–water partition coefficient (Wildman–Crippen LogP) is 4.53. The van der Waals surface area contributed by atoms with Crippen molar-refractivity contribution in [2.75, 3.05) is 19.6 Å². The van der Waals surface area contributed by atoms with Crippen LogP contribution in [0, 0.1) is 0 Å². The van der Waals surface area contributed by atoms with Crippen molar-refractivity contribution in [3.05, 3.63) is 59.2 Å². The Morgan fingerprint density at radius 2 is 1.82 bits per heavy atom. The Labute approximate surface area is 141 Å². The number of likely N-dealkylation sites (tertiary alicyclic amines) is 1. The average molecular weight is 333 g/mol. The van der Waals surface area contributed by atoms with E-state index in [9.17, 15) is 0 Å². The number of thioether (sulfide) groups is 1. The quantitative estimate of drug-likeness (QED) is 0.748. The number of halogens is 1. The van der Waals surface area contributed by atoms with Crippen molar-refractivity contribution in [1.29, 1.82) is 0 Å². The Balaban J connectivity index is 1.42. The molecule has 1 aliphatic rings. The highest BCUT2D eigenvalue weighted by Gasteiger charge is 2.20. The SMILES string of the molecule is Clc1cccc(SC2CCN(CCc3ccccc3)CC2)n1. The van der Waals surface area contributed by atoms with Crippen LogP contribution in [0.2, 0.25) is 5.15 Å². The number of pyridine rings is 1. The molecule has 1 fully saturated rings. The molecule has 22 heavy (non-hydrogen) atoms. The molecule has 0 bridgehead atoms. The first-order chi connectivity index (χ1) is 10.8. The van der Waals surface area contributed by atoms with Crippen LogP contribution in [0.5, 0.6) is 0 Å². The second-order valence-electron chi connectivity index (χ2n) is 5.69. The second kappa shape index (κ2) is 8.00. The summed E-state index contributed by atoms with van der Waals surface area (Å²) in [5, 5.41) is 2.31. The molecule has 1 aromatic carbocycles. The van der Waals surface area contributed by atoms with Crippen molar-refractivity contribution in [2.24, 2.45) is 0 Å². The molecule has 0 saturated carbocycles. The fraction of sp³-hybridized carbons (Fsp3) is 0.389. The lowest BCUT2D eigenvalue weighted by molar-refractivity contribution is 0.235. The number of rotatable bonds is 5. The Morgan fingerprint density at radius 3 is 2.55 bits per heavy atom. The summed E-state index contributed by atoms with van der Waals surface area (Å²) in [7, 11) is 0. The van der Waals surface area contributed by atoms with E-state index in [0.29, 0.717) is 10.4 Å². The highest BCUT2D eigenvalue weighted by Crippen LogP contribution is 2.29. The van der Waals surface area contributed by atoms with E-state index in [0.717, 1.165) is 18.0 Å². The van der Waals surface area contributed by atoms with E-state index in [-0.39, 0.29) is 0 Å². The van der Waals surface area contributed by atoms with Crippen LogP contribution >= 0.6 is 23.4 Å². The Morgan fingerprint density at radius 1 is 1.05 bits per heavy atom. The molecule has 1 aliphatic heterocycles. The summed E-state index contributed by atoms with van der Waals surface area (Å²) < 4.78 is 0. The normalized spacial score (nSPS) is 16.8. The third-order valence-corrected chi connectivity index (χ3v) is 5.56. The van der Waals surface area contributed by atoms with Crippen molar-refractivity contribution in [3.8, 4) is 0 Å². The van der Waals surface area contributed by atoms with Gasteiger partial charge < -0.3 is 4.90 Å². The standard InChI is InChI=1S/C18H21ClN2S/c19-17-7-4-8-18(20-17)22-16-10-13-21(14-11-16)12-9-15-5-2-1-3-6-15/h1-8,16H,9-14H2. The lowest BCUT2D eigenvalue weighted by atomic mass is 10.1. The highest BCUT2D eigenvalue weighted by molar-refractivity contribution is 7.99. The van der Waals surface area contributed by atoms with Crippen molar-refractivity contribution in [3.63, 3.8) is 0 Å². The first kappa shape index (κ1) is 15.9. The number of aromatic nitrogens is 1. The Bertz CT molecular complexity index is 583. The number of piperidine rings is 1. The van der Waals surface area contributed by atoms with Gasteiger partial charge in [0.15, 0.2) is 0 Å². The van der Waals surface area contributed by atoms with Crippen LogP contribution < -0.4 is 0 Å². The number of nitrogens with zero attached hydrogens (tertiary/aromatic N) is 2. The summed E-state index contributed by atoms with van der Waals surface area (Å²) in [4.78, 5) is 6.96. The summed E-state index contributed by atoms with van der Waals surface area (Å²) in [6.07, 6.45) is 3.61. The molecule has 1 saturated heterocycles. The molecule has 0 unspecified atom stereocenters. The third kappa shape index (κ3) is 4.73. The van der Waals surface area contributed by atoms with Gasteiger partial charge in [-0.25, -0.2) is 4.98 Å². The zero-order valence-corrected chi connectivity index (χ0v) is 14.2. The molecule has 2 aromatic rings. The second-order valence-corrected chi connectivity index (χ2v) is 7.40. The van der Waals surface area contributed by atoms with Crippen molar-refractivity contribution in [2.45, 2.75) is 29.5 Å². The van der Waals surface area contributed by atoms with Gasteiger partial charge in [0.25, 0.3) is 0 Å². The molecule has 1 aromatic heterocycles. The van der Waals surface area contributed by atoms with Crippen LogP contribution in [0.3, 0.4) is 0 Å². The highest BCUT2D eigenvalue weighted by atomic mass is 35.5.